The van der Waals surface area contributed by atoms with Gasteiger partial charge in [0.05, 0.1) is 12.4 Å². The van der Waals surface area contributed by atoms with E-state index in [1.165, 1.54) is 17.3 Å². The second-order valence-electron chi connectivity index (χ2n) is 3.57. The van der Waals surface area contributed by atoms with E-state index in [1.54, 1.807) is 6.20 Å². The number of benzene rings is 1. The van der Waals surface area contributed by atoms with Crippen molar-refractivity contribution in [3.63, 3.8) is 0 Å². The fourth-order valence-electron chi connectivity index (χ4n) is 1.44. The highest BCUT2D eigenvalue weighted by atomic mass is 35.5. The summed E-state index contributed by atoms with van der Waals surface area (Å²) in [5, 5.41) is 3.57. The minimum atomic E-state index is 0.397. The normalized spacial score (nSPS) is 10.1. The molecule has 0 saturated heterocycles. The zero-order valence-electron chi connectivity index (χ0n) is 8.94. The lowest BCUT2D eigenvalue weighted by molar-refractivity contribution is 1.08. The Morgan fingerprint density at radius 2 is 2.19 bits per heavy atom. The Morgan fingerprint density at radius 1 is 1.31 bits per heavy atom. The maximum atomic E-state index is 5.74. The van der Waals surface area contributed by atoms with E-state index in [0.29, 0.717) is 11.0 Å². The average molecular weight is 234 g/mol. The first-order valence-electron chi connectivity index (χ1n) is 5.01. The molecule has 16 heavy (non-hydrogen) atoms. The summed E-state index contributed by atoms with van der Waals surface area (Å²) < 4.78 is 0. The maximum Gasteiger partial charge on any atom is 0.149 e. The van der Waals surface area contributed by atoms with Gasteiger partial charge in [-0.15, -0.1) is 0 Å². The van der Waals surface area contributed by atoms with Gasteiger partial charge in [-0.3, -0.25) is 4.98 Å². The van der Waals surface area contributed by atoms with E-state index in [-0.39, 0.29) is 0 Å². The van der Waals surface area contributed by atoms with Gasteiger partial charge in [0.15, 0.2) is 0 Å². The lowest BCUT2D eigenvalue weighted by Gasteiger charge is -2.05. The Kier molecular flexibility index (Phi) is 3.37. The van der Waals surface area contributed by atoms with Crippen LogP contribution in [0, 0.1) is 6.92 Å². The number of halogens is 1. The molecule has 1 aromatic heterocycles. The molecule has 0 amide bonds. The predicted octanol–water partition coefficient (Wildman–Crippen LogP) is 3.05. The Bertz CT molecular complexity index is 440. The molecule has 82 valence electrons. The molecule has 0 aliphatic heterocycles. The molecule has 0 spiro atoms. The second kappa shape index (κ2) is 4.94. The number of anilines is 1. The summed E-state index contributed by atoms with van der Waals surface area (Å²) in [6, 6.07) is 8.31. The highest BCUT2D eigenvalue weighted by molar-refractivity contribution is 6.29. The molecular formula is C12H12ClN3. The third kappa shape index (κ3) is 2.94. The molecule has 3 nitrogen and oxygen atoms in total. The van der Waals surface area contributed by atoms with Crippen molar-refractivity contribution in [1.29, 1.82) is 0 Å². The Balaban J connectivity index is 2.02. The predicted molar refractivity (Wildman–Crippen MR) is 65.5 cm³/mol. The lowest BCUT2D eigenvalue weighted by atomic mass is 10.1. The van der Waals surface area contributed by atoms with Gasteiger partial charge in [-0.2, -0.15) is 0 Å². The summed E-state index contributed by atoms with van der Waals surface area (Å²) >= 11 is 5.74. The number of nitrogens with one attached hydrogen (secondary N) is 1. The zero-order valence-corrected chi connectivity index (χ0v) is 9.70. The quantitative estimate of drug-likeness (QED) is 0.886. The highest BCUT2D eigenvalue weighted by Crippen LogP contribution is 2.09. The van der Waals surface area contributed by atoms with Gasteiger partial charge in [0.1, 0.15) is 11.0 Å². The molecule has 4 heteroatoms. The topological polar surface area (TPSA) is 37.8 Å². The number of aryl methyl sites for hydroxylation is 1. The van der Waals surface area contributed by atoms with Gasteiger partial charge >= 0.3 is 0 Å². The van der Waals surface area contributed by atoms with Crippen LogP contribution in [0.3, 0.4) is 0 Å². The van der Waals surface area contributed by atoms with Crippen molar-refractivity contribution in [1.82, 2.24) is 9.97 Å². The average Bonchev–Trinajstić information content (AvgIpc) is 2.27. The van der Waals surface area contributed by atoms with E-state index in [1.807, 2.05) is 6.07 Å². The number of rotatable bonds is 3. The third-order valence-corrected chi connectivity index (χ3v) is 2.34. The number of hydrogen-bond acceptors (Lipinski definition) is 3. The first-order chi connectivity index (χ1) is 7.74. The molecule has 0 atom stereocenters. The summed E-state index contributed by atoms with van der Waals surface area (Å²) in [5.41, 5.74) is 2.46. The maximum absolute atomic E-state index is 5.74. The van der Waals surface area contributed by atoms with Crippen molar-refractivity contribution in [2.24, 2.45) is 0 Å². The molecule has 0 fully saturated rings. The summed E-state index contributed by atoms with van der Waals surface area (Å²) in [6.45, 7) is 2.79. The van der Waals surface area contributed by atoms with Gasteiger partial charge in [0, 0.05) is 6.54 Å². The van der Waals surface area contributed by atoms with Crippen molar-refractivity contribution < 1.29 is 0 Å². The van der Waals surface area contributed by atoms with E-state index in [4.69, 9.17) is 11.6 Å². The van der Waals surface area contributed by atoms with Crippen molar-refractivity contribution in [2.45, 2.75) is 13.5 Å². The molecule has 2 rings (SSSR count). The van der Waals surface area contributed by atoms with E-state index in [2.05, 4.69) is 40.4 Å². The Hall–Kier alpha value is -1.61. The number of hydrogen-bond donors (Lipinski definition) is 1. The molecule has 0 radical (unpaired) electrons. The molecule has 0 unspecified atom stereocenters. The second-order valence-corrected chi connectivity index (χ2v) is 3.96. The minimum absolute atomic E-state index is 0.397. The Labute approximate surface area is 99.5 Å². The molecule has 0 aliphatic carbocycles. The van der Waals surface area contributed by atoms with Crippen LogP contribution in [-0.2, 0) is 6.54 Å². The largest absolute Gasteiger partial charge is 0.365 e. The van der Waals surface area contributed by atoms with Crippen molar-refractivity contribution in [2.75, 3.05) is 5.32 Å². The molecule has 1 aromatic carbocycles. The molecule has 0 bridgehead atoms. The van der Waals surface area contributed by atoms with Gasteiger partial charge in [-0.05, 0) is 12.5 Å². The van der Waals surface area contributed by atoms with Gasteiger partial charge in [-0.1, -0.05) is 41.4 Å². The van der Waals surface area contributed by atoms with E-state index in [9.17, 15) is 0 Å². The smallest absolute Gasteiger partial charge is 0.149 e. The zero-order chi connectivity index (χ0) is 11.4. The minimum Gasteiger partial charge on any atom is -0.365 e. The van der Waals surface area contributed by atoms with Crippen molar-refractivity contribution in [3.8, 4) is 0 Å². The van der Waals surface area contributed by atoms with Crippen LogP contribution in [0.15, 0.2) is 36.7 Å². The third-order valence-electron chi connectivity index (χ3n) is 2.16. The van der Waals surface area contributed by atoms with E-state index in [0.717, 1.165) is 6.54 Å². The van der Waals surface area contributed by atoms with Gasteiger partial charge in [0.2, 0.25) is 0 Å². The van der Waals surface area contributed by atoms with Crippen molar-refractivity contribution >= 4 is 17.4 Å². The molecule has 0 aliphatic rings. The van der Waals surface area contributed by atoms with Crippen LogP contribution in [0.25, 0.3) is 0 Å². The molecule has 2 aromatic rings. The van der Waals surface area contributed by atoms with E-state index < -0.39 is 0 Å². The first-order valence-corrected chi connectivity index (χ1v) is 5.39. The lowest BCUT2D eigenvalue weighted by Crippen LogP contribution is -2.01. The number of aromatic nitrogens is 2. The summed E-state index contributed by atoms with van der Waals surface area (Å²) in [6.07, 6.45) is 3.17. The Morgan fingerprint density at radius 3 is 2.94 bits per heavy atom. The van der Waals surface area contributed by atoms with Gasteiger partial charge in [-0.25, -0.2) is 4.98 Å². The molecule has 1 heterocycles. The monoisotopic (exact) mass is 233 g/mol. The van der Waals surface area contributed by atoms with Crippen LogP contribution in [0.2, 0.25) is 5.15 Å². The summed E-state index contributed by atoms with van der Waals surface area (Å²) in [5.74, 6) is 0.689. The number of nitrogens with zero attached hydrogens (tertiary/aromatic N) is 2. The van der Waals surface area contributed by atoms with Crippen molar-refractivity contribution in [3.05, 3.63) is 52.9 Å². The van der Waals surface area contributed by atoms with Crippen LogP contribution < -0.4 is 5.32 Å². The fraction of sp³-hybridized carbons (Fsp3) is 0.167. The summed E-state index contributed by atoms with van der Waals surface area (Å²) in [7, 11) is 0. The molecule has 0 saturated carbocycles. The SMILES string of the molecule is Cc1cccc(CNc2cncc(Cl)n2)c1. The van der Waals surface area contributed by atoms with Crippen LogP contribution in [0.4, 0.5) is 5.82 Å². The van der Waals surface area contributed by atoms with Crippen LogP contribution in [0.1, 0.15) is 11.1 Å². The fourth-order valence-corrected chi connectivity index (χ4v) is 1.59. The standard InChI is InChI=1S/C12H12ClN3/c1-9-3-2-4-10(5-9)6-15-12-8-14-7-11(13)16-12/h2-5,7-8H,6H2,1H3,(H,15,16). The van der Waals surface area contributed by atoms with E-state index >= 15 is 0 Å². The van der Waals surface area contributed by atoms with Crippen LogP contribution in [-0.4, -0.2) is 9.97 Å². The highest BCUT2D eigenvalue weighted by Gasteiger charge is 1.97. The van der Waals surface area contributed by atoms with Crippen LogP contribution in [0.5, 0.6) is 0 Å². The van der Waals surface area contributed by atoms with Gasteiger partial charge < -0.3 is 5.32 Å². The molecular weight excluding hydrogens is 222 g/mol. The van der Waals surface area contributed by atoms with Crippen LogP contribution >= 0.6 is 11.6 Å². The first kappa shape index (κ1) is 10.9. The molecule has 1 N–H and O–H groups in total. The van der Waals surface area contributed by atoms with Gasteiger partial charge in [0.25, 0.3) is 0 Å². The summed E-state index contributed by atoms with van der Waals surface area (Å²) in [4.78, 5) is 8.06.